The maximum absolute atomic E-state index is 13.8. The van der Waals surface area contributed by atoms with Crippen molar-refractivity contribution in [3.05, 3.63) is 95.9 Å². The van der Waals surface area contributed by atoms with E-state index < -0.39 is 11.7 Å². The number of rotatable bonds is 12. The molecule has 0 saturated heterocycles. The van der Waals surface area contributed by atoms with Crippen LogP contribution in [0, 0.1) is 18.6 Å². The van der Waals surface area contributed by atoms with E-state index in [-0.39, 0.29) is 29.1 Å². The first kappa shape index (κ1) is 27.9. The fourth-order valence-corrected chi connectivity index (χ4v) is 3.55. The number of hydrogen-bond acceptors (Lipinski definition) is 4. The van der Waals surface area contributed by atoms with Gasteiger partial charge in [-0.25, -0.2) is 14.2 Å². The Bertz CT molecular complexity index is 1040. The van der Waals surface area contributed by atoms with Crippen LogP contribution in [0.15, 0.2) is 78.7 Å². The minimum Gasteiger partial charge on any atom is -0.386 e. The van der Waals surface area contributed by atoms with Crippen LogP contribution < -0.4 is 21.1 Å². The number of likely N-dealkylation sites (N-methyl/N-ethyl adjacent to an activating group) is 1. The minimum atomic E-state index is -4.59. The normalized spacial score (nSPS) is 13.0. The first-order valence-electron chi connectivity index (χ1n) is 11.1. The number of nitrogens with zero attached hydrogens (tertiary/aromatic N) is 1. The Kier molecular flexibility index (Phi) is 9.89. The van der Waals surface area contributed by atoms with Gasteiger partial charge in [-0.05, 0) is 67.8 Å². The highest BCUT2D eigenvalue weighted by atomic mass is 19.4. The smallest absolute Gasteiger partial charge is 0.386 e. The van der Waals surface area contributed by atoms with Crippen molar-refractivity contribution < 1.29 is 22.0 Å². The third-order valence-corrected chi connectivity index (χ3v) is 5.54. The van der Waals surface area contributed by atoms with Crippen molar-refractivity contribution in [2.75, 3.05) is 18.5 Å². The van der Waals surface area contributed by atoms with E-state index in [1.54, 1.807) is 31.2 Å². The highest BCUT2D eigenvalue weighted by molar-refractivity contribution is 5.63. The van der Waals surface area contributed by atoms with Gasteiger partial charge in [0.15, 0.2) is 0 Å². The molecule has 35 heavy (non-hydrogen) atoms. The molecule has 2 aromatic carbocycles. The van der Waals surface area contributed by atoms with Crippen LogP contribution in [0.4, 0.5) is 33.3 Å². The average Bonchev–Trinajstić information content (AvgIpc) is 2.81. The van der Waals surface area contributed by atoms with Crippen molar-refractivity contribution in [2.24, 2.45) is 0 Å². The van der Waals surface area contributed by atoms with Gasteiger partial charge in [0.25, 0.3) is 0 Å². The lowest BCUT2D eigenvalue weighted by Crippen LogP contribution is -2.43. The number of nitrogens with one attached hydrogen (secondary N) is 3. The standard InChI is InChI=1S/C26H31F5N4/c1-6-20(34-33-18(4)25(32-5)23(7-2)26(29,30)31)14-15-35(21-10-8-19(27)9-11-21)22-12-13-24(28)17(3)16-22/h7-13,16,20,32-34H,2,4,6,14-15H2,1,3,5H3/b25-23+. The average molecular weight is 495 g/mol. The molecule has 0 saturated carbocycles. The predicted molar refractivity (Wildman–Crippen MR) is 131 cm³/mol. The summed E-state index contributed by atoms with van der Waals surface area (Å²) in [6, 6.07) is 10.6. The largest absolute Gasteiger partial charge is 0.418 e. The lowest BCUT2D eigenvalue weighted by atomic mass is 10.1. The van der Waals surface area contributed by atoms with Crippen molar-refractivity contribution >= 4 is 11.4 Å². The second kappa shape index (κ2) is 12.4. The van der Waals surface area contributed by atoms with E-state index in [9.17, 15) is 22.0 Å². The van der Waals surface area contributed by atoms with Gasteiger partial charge in [0, 0.05) is 31.0 Å². The van der Waals surface area contributed by atoms with Crippen molar-refractivity contribution in [2.45, 2.75) is 38.9 Å². The van der Waals surface area contributed by atoms with E-state index >= 15 is 0 Å². The van der Waals surface area contributed by atoms with E-state index in [1.165, 1.54) is 25.2 Å². The molecule has 0 bridgehead atoms. The van der Waals surface area contributed by atoms with Crippen LogP contribution in [-0.4, -0.2) is 25.8 Å². The predicted octanol–water partition coefficient (Wildman–Crippen LogP) is 6.41. The SMILES string of the molecule is C=C/C(=C(\NC)C(=C)NNC(CC)CCN(c1ccc(F)cc1)c1ccc(F)c(C)c1)C(F)(F)F. The molecule has 0 aliphatic heterocycles. The highest BCUT2D eigenvalue weighted by Crippen LogP contribution is 2.30. The van der Waals surface area contributed by atoms with Gasteiger partial charge < -0.3 is 15.6 Å². The van der Waals surface area contributed by atoms with Crippen LogP contribution in [-0.2, 0) is 0 Å². The molecule has 2 aromatic rings. The van der Waals surface area contributed by atoms with Crippen molar-refractivity contribution in [3.8, 4) is 0 Å². The monoisotopic (exact) mass is 494 g/mol. The molecular weight excluding hydrogens is 463 g/mol. The van der Waals surface area contributed by atoms with Gasteiger partial charge in [-0.15, -0.1) is 0 Å². The van der Waals surface area contributed by atoms with Gasteiger partial charge in [0.05, 0.1) is 17.0 Å². The summed E-state index contributed by atoms with van der Waals surface area (Å²) >= 11 is 0. The van der Waals surface area contributed by atoms with Crippen LogP contribution in [0.2, 0.25) is 0 Å². The number of anilines is 2. The molecule has 1 unspecified atom stereocenters. The lowest BCUT2D eigenvalue weighted by molar-refractivity contribution is -0.0891. The van der Waals surface area contributed by atoms with Crippen LogP contribution in [0.3, 0.4) is 0 Å². The minimum absolute atomic E-state index is 0.0164. The maximum atomic E-state index is 13.8. The molecule has 3 N–H and O–H groups in total. The molecule has 0 aliphatic carbocycles. The molecule has 0 aromatic heterocycles. The molecule has 0 spiro atoms. The molecule has 4 nitrogen and oxygen atoms in total. The second-order valence-corrected chi connectivity index (χ2v) is 7.94. The van der Waals surface area contributed by atoms with Crippen molar-refractivity contribution in [1.29, 1.82) is 0 Å². The van der Waals surface area contributed by atoms with E-state index in [2.05, 4.69) is 29.3 Å². The van der Waals surface area contributed by atoms with Crippen LogP contribution >= 0.6 is 0 Å². The molecule has 190 valence electrons. The Morgan fingerprint density at radius 3 is 2.23 bits per heavy atom. The second-order valence-electron chi connectivity index (χ2n) is 7.94. The fraction of sp³-hybridized carbons (Fsp3) is 0.308. The first-order chi connectivity index (χ1) is 16.5. The van der Waals surface area contributed by atoms with Crippen LogP contribution in [0.25, 0.3) is 0 Å². The highest BCUT2D eigenvalue weighted by Gasteiger charge is 2.35. The third kappa shape index (κ3) is 7.58. The topological polar surface area (TPSA) is 39.3 Å². The molecular formula is C26H31F5N4. The summed E-state index contributed by atoms with van der Waals surface area (Å²) in [6.07, 6.45) is -2.62. The summed E-state index contributed by atoms with van der Waals surface area (Å²) in [6.45, 7) is 11.0. The Labute approximate surface area is 203 Å². The molecule has 0 heterocycles. The van der Waals surface area contributed by atoms with Crippen molar-refractivity contribution in [3.63, 3.8) is 0 Å². The van der Waals surface area contributed by atoms with Gasteiger partial charge in [-0.3, -0.25) is 0 Å². The summed E-state index contributed by atoms with van der Waals surface area (Å²) in [7, 11) is 1.37. The van der Waals surface area contributed by atoms with Crippen LogP contribution in [0.1, 0.15) is 25.3 Å². The number of aryl methyl sites for hydroxylation is 1. The molecule has 2 rings (SSSR count). The van der Waals surface area contributed by atoms with Gasteiger partial charge in [0.2, 0.25) is 0 Å². The molecule has 0 radical (unpaired) electrons. The quantitative estimate of drug-likeness (QED) is 0.181. The summed E-state index contributed by atoms with van der Waals surface area (Å²) in [4.78, 5) is 1.93. The molecule has 9 heteroatoms. The summed E-state index contributed by atoms with van der Waals surface area (Å²) < 4.78 is 67.2. The Hall–Kier alpha value is -3.33. The Balaban J connectivity index is 2.17. The zero-order valence-electron chi connectivity index (χ0n) is 20.1. The number of halogens is 5. The van der Waals surface area contributed by atoms with E-state index in [0.29, 0.717) is 24.9 Å². The summed E-state index contributed by atoms with van der Waals surface area (Å²) in [5, 5.41) is 2.53. The first-order valence-corrected chi connectivity index (χ1v) is 11.1. The van der Waals surface area contributed by atoms with Crippen molar-refractivity contribution in [1.82, 2.24) is 16.2 Å². The third-order valence-electron chi connectivity index (χ3n) is 5.54. The zero-order chi connectivity index (χ0) is 26.2. The van der Waals surface area contributed by atoms with E-state index in [1.807, 2.05) is 11.8 Å². The molecule has 0 fully saturated rings. The number of hydrogen-bond donors (Lipinski definition) is 3. The van der Waals surface area contributed by atoms with Gasteiger partial charge in [0.1, 0.15) is 11.6 Å². The molecule has 1 atom stereocenters. The lowest BCUT2D eigenvalue weighted by Gasteiger charge is -2.28. The van der Waals surface area contributed by atoms with Gasteiger partial charge >= 0.3 is 6.18 Å². The Morgan fingerprint density at radius 2 is 1.71 bits per heavy atom. The Morgan fingerprint density at radius 1 is 1.09 bits per heavy atom. The summed E-state index contributed by atoms with van der Waals surface area (Å²) in [5.41, 5.74) is 6.61. The number of alkyl halides is 3. The number of benzene rings is 2. The zero-order valence-corrected chi connectivity index (χ0v) is 20.1. The van der Waals surface area contributed by atoms with Gasteiger partial charge in [-0.1, -0.05) is 26.2 Å². The van der Waals surface area contributed by atoms with Crippen LogP contribution in [0.5, 0.6) is 0 Å². The number of allylic oxidation sites excluding steroid dienone is 2. The molecule has 0 amide bonds. The van der Waals surface area contributed by atoms with E-state index in [4.69, 9.17) is 0 Å². The van der Waals surface area contributed by atoms with Gasteiger partial charge in [-0.2, -0.15) is 13.2 Å². The fourth-order valence-electron chi connectivity index (χ4n) is 3.55. The maximum Gasteiger partial charge on any atom is 0.418 e. The summed E-state index contributed by atoms with van der Waals surface area (Å²) in [5.74, 6) is -0.694. The number of hydrazine groups is 1. The van der Waals surface area contributed by atoms with E-state index in [0.717, 1.165) is 17.5 Å². The molecule has 0 aliphatic rings.